The number of aromatic nitrogens is 3. The summed E-state index contributed by atoms with van der Waals surface area (Å²) in [5, 5.41) is 9.56. The van der Waals surface area contributed by atoms with E-state index in [1.807, 2.05) is 0 Å². The number of hydrogen-bond donors (Lipinski definition) is 1. The highest BCUT2D eigenvalue weighted by Crippen LogP contribution is 2.26. The molecule has 1 unspecified atom stereocenters. The van der Waals surface area contributed by atoms with Crippen LogP contribution in [0.2, 0.25) is 0 Å². The van der Waals surface area contributed by atoms with Crippen LogP contribution >= 0.6 is 0 Å². The zero-order valence-corrected chi connectivity index (χ0v) is 13.6. The summed E-state index contributed by atoms with van der Waals surface area (Å²) >= 11 is 0. The molecule has 0 saturated carbocycles. The maximum Gasteiger partial charge on any atom is 0.336 e. The van der Waals surface area contributed by atoms with Crippen molar-refractivity contribution in [3.8, 4) is 0 Å². The van der Waals surface area contributed by atoms with Crippen molar-refractivity contribution in [1.29, 1.82) is 0 Å². The highest BCUT2D eigenvalue weighted by atomic mass is 16.5. The average molecular weight is 343 g/mol. The molecule has 0 radical (unpaired) electrons. The SMILES string of the molecule is COCc1cc2c(cc1C(=O)O)n(C1CCOC1)c(=O)c1cncn12. The average Bonchev–Trinajstić information content (AvgIpc) is 3.27. The molecule has 3 aromatic rings. The third kappa shape index (κ3) is 2.41. The summed E-state index contributed by atoms with van der Waals surface area (Å²) in [6, 6.07) is 3.18. The molecule has 0 spiro atoms. The van der Waals surface area contributed by atoms with Crippen LogP contribution in [-0.2, 0) is 16.1 Å². The summed E-state index contributed by atoms with van der Waals surface area (Å²) in [5.41, 5.74) is 2.20. The van der Waals surface area contributed by atoms with Crippen LogP contribution in [0.15, 0.2) is 29.5 Å². The molecule has 1 atom stereocenters. The van der Waals surface area contributed by atoms with Crippen molar-refractivity contribution >= 4 is 22.5 Å². The lowest BCUT2D eigenvalue weighted by molar-refractivity contribution is 0.0692. The predicted octanol–water partition coefficient (Wildman–Crippen LogP) is 1.46. The molecule has 1 aliphatic heterocycles. The summed E-state index contributed by atoms with van der Waals surface area (Å²) in [6.07, 6.45) is 3.79. The van der Waals surface area contributed by atoms with Crippen molar-refractivity contribution in [3.05, 3.63) is 46.1 Å². The quantitative estimate of drug-likeness (QED) is 0.770. The van der Waals surface area contributed by atoms with Gasteiger partial charge in [0.15, 0.2) is 0 Å². The number of hydrogen-bond acceptors (Lipinski definition) is 5. The van der Waals surface area contributed by atoms with Crippen LogP contribution in [0.1, 0.15) is 28.4 Å². The normalized spacial score (nSPS) is 17.6. The lowest BCUT2D eigenvalue weighted by Crippen LogP contribution is -2.27. The number of carbonyl (C=O) groups is 1. The number of ether oxygens (including phenoxy) is 2. The van der Waals surface area contributed by atoms with Gasteiger partial charge < -0.3 is 14.6 Å². The van der Waals surface area contributed by atoms with Gasteiger partial charge in [0.05, 0.1) is 48.4 Å². The molecule has 0 amide bonds. The molecule has 4 rings (SSSR count). The predicted molar refractivity (Wildman–Crippen MR) is 89.1 cm³/mol. The van der Waals surface area contributed by atoms with Crippen molar-refractivity contribution in [1.82, 2.24) is 14.0 Å². The molecule has 0 aliphatic carbocycles. The van der Waals surface area contributed by atoms with E-state index in [0.29, 0.717) is 36.2 Å². The Balaban J connectivity index is 2.13. The molecule has 25 heavy (non-hydrogen) atoms. The van der Waals surface area contributed by atoms with Crippen LogP contribution in [-0.4, -0.2) is 45.4 Å². The van der Waals surface area contributed by atoms with E-state index in [1.165, 1.54) is 13.3 Å². The summed E-state index contributed by atoms with van der Waals surface area (Å²) in [6.45, 7) is 1.18. The van der Waals surface area contributed by atoms with E-state index in [9.17, 15) is 14.7 Å². The molecule has 1 N–H and O–H groups in total. The molecule has 8 heteroatoms. The van der Waals surface area contributed by atoms with Gasteiger partial charge in [-0.2, -0.15) is 0 Å². The summed E-state index contributed by atoms with van der Waals surface area (Å²) < 4.78 is 13.9. The minimum Gasteiger partial charge on any atom is -0.478 e. The third-order valence-electron chi connectivity index (χ3n) is 4.60. The van der Waals surface area contributed by atoms with Crippen LogP contribution in [0, 0.1) is 0 Å². The number of methoxy groups -OCH3 is 1. The molecule has 3 heterocycles. The summed E-state index contributed by atoms with van der Waals surface area (Å²) in [4.78, 5) is 28.7. The minimum atomic E-state index is -1.05. The Hall–Kier alpha value is -2.71. The second-order valence-electron chi connectivity index (χ2n) is 6.08. The lowest BCUT2D eigenvalue weighted by atomic mass is 10.1. The van der Waals surface area contributed by atoms with Gasteiger partial charge in [0.1, 0.15) is 5.52 Å². The smallest absolute Gasteiger partial charge is 0.336 e. The molecule has 0 bridgehead atoms. The third-order valence-corrected chi connectivity index (χ3v) is 4.60. The fraction of sp³-hybridized carbons (Fsp3) is 0.353. The molecular formula is C17H17N3O5. The monoisotopic (exact) mass is 343 g/mol. The molecule has 1 aromatic carbocycles. The van der Waals surface area contributed by atoms with Gasteiger partial charge in [0.25, 0.3) is 5.56 Å². The first-order valence-electron chi connectivity index (χ1n) is 7.95. The van der Waals surface area contributed by atoms with Crippen LogP contribution in [0.4, 0.5) is 0 Å². The largest absolute Gasteiger partial charge is 0.478 e. The standard InChI is InChI=1S/C17H17N3O5/c1-24-7-10-4-13-14(5-12(10)17(22)23)20(11-2-3-25-8-11)16(21)15-6-18-9-19(13)15/h4-6,9,11H,2-3,7-8H2,1H3,(H,22,23). The van der Waals surface area contributed by atoms with Crippen LogP contribution in [0.25, 0.3) is 16.6 Å². The van der Waals surface area contributed by atoms with E-state index in [2.05, 4.69) is 4.98 Å². The highest BCUT2D eigenvalue weighted by Gasteiger charge is 2.24. The first kappa shape index (κ1) is 15.8. The van der Waals surface area contributed by atoms with Crippen LogP contribution in [0.3, 0.4) is 0 Å². The Bertz CT molecular complexity index is 1030. The van der Waals surface area contributed by atoms with Crippen molar-refractivity contribution in [2.24, 2.45) is 0 Å². The summed E-state index contributed by atoms with van der Waals surface area (Å²) in [5.74, 6) is -1.05. The van der Waals surface area contributed by atoms with Crippen LogP contribution in [0.5, 0.6) is 0 Å². The Morgan fingerprint density at radius 1 is 1.40 bits per heavy atom. The number of aromatic carboxylic acids is 1. The molecule has 2 aromatic heterocycles. The van der Waals surface area contributed by atoms with E-state index >= 15 is 0 Å². The van der Waals surface area contributed by atoms with E-state index in [4.69, 9.17) is 9.47 Å². The van der Waals surface area contributed by atoms with Crippen LogP contribution < -0.4 is 5.56 Å². The maximum atomic E-state index is 13.0. The topological polar surface area (TPSA) is 95.1 Å². The van der Waals surface area contributed by atoms with Crippen molar-refractivity contribution in [3.63, 3.8) is 0 Å². The number of carboxylic acids is 1. The van der Waals surface area contributed by atoms with Crippen molar-refractivity contribution in [2.75, 3.05) is 20.3 Å². The van der Waals surface area contributed by atoms with E-state index in [1.54, 1.807) is 27.4 Å². The highest BCUT2D eigenvalue weighted by molar-refractivity contribution is 5.95. The number of carboxylic acid groups (broad SMARTS) is 1. The van der Waals surface area contributed by atoms with E-state index in [0.717, 1.165) is 5.52 Å². The fourth-order valence-electron chi connectivity index (χ4n) is 3.45. The number of fused-ring (bicyclic) bond motifs is 3. The van der Waals surface area contributed by atoms with Gasteiger partial charge in [-0.05, 0) is 24.1 Å². The zero-order chi connectivity index (χ0) is 17.6. The first-order valence-corrected chi connectivity index (χ1v) is 7.95. The molecule has 1 aliphatic rings. The minimum absolute atomic E-state index is 0.121. The Labute approximate surface area is 142 Å². The van der Waals surface area contributed by atoms with Gasteiger partial charge in [-0.3, -0.25) is 13.8 Å². The van der Waals surface area contributed by atoms with Gasteiger partial charge in [-0.15, -0.1) is 0 Å². The van der Waals surface area contributed by atoms with Gasteiger partial charge in [-0.25, -0.2) is 9.78 Å². The van der Waals surface area contributed by atoms with Gasteiger partial charge in [0, 0.05) is 13.7 Å². The van der Waals surface area contributed by atoms with E-state index < -0.39 is 5.97 Å². The van der Waals surface area contributed by atoms with Crippen molar-refractivity contribution < 1.29 is 19.4 Å². The number of benzene rings is 1. The number of rotatable bonds is 4. The number of nitrogens with zero attached hydrogens (tertiary/aromatic N) is 3. The molecule has 130 valence electrons. The maximum absolute atomic E-state index is 13.0. The van der Waals surface area contributed by atoms with Gasteiger partial charge >= 0.3 is 5.97 Å². The molecule has 1 fully saturated rings. The second kappa shape index (κ2) is 5.98. The Morgan fingerprint density at radius 3 is 2.92 bits per heavy atom. The summed E-state index contributed by atoms with van der Waals surface area (Å²) in [7, 11) is 1.51. The first-order chi connectivity index (χ1) is 12.1. The fourth-order valence-corrected chi connectivity index (χ4v) is 3.45. The molecule has 8 nitrogen and oxygen atoms in total. The molecular weight excluding hydrogens is 326 g/mol. The lowest BCUT2D eigenvalue weighted by Gasteiger charge is -2.18. The Morgan fingerprint density at radius 2 is 2.24 bits per heavy atom. The van der Waals surface area contributed by atoms with Gasteiger partial charge in [-0.1, -0.05) is 0 Å². The van der Waals surface area contributed by atoms with Crippen molar-refractivity contribution in [2.45, 2.75) is 19.1 Å². The molecule has 1 saturated heterocycles. The van der Waals surface area contributed by atoms with E-state index in [-0.39, 0.29) is 23.8 Å². The zero-order valence-electron chi connectivity index (χ0n) is 13.6. The number of imidazole rings is 1. The Kier molecular flexibility index (Phi) is 3.78. The second-order valence-corrected chi connectivity index (χ2v) is 6.08. The van der Waals surface area contributed by atoms with Gasteiger partial charge in [0.2, 0.25) is 0 Å².